The second kappa shape index (κ2) is 8.76. The molecule has 1 aliphatic heterocycles. The zero-order valence-corrected chi connectivity index (χ0v) is 16.9. The number of carbonyl (C=O) groups excluding carboxylic acids is 1. The van der Waals surface area contributed by atoms with Crippen LogP contribution in [0.15, 0.2) is 47.6 Å². The van der Waals surface area contributed by atoms with E-state index in [0.717, 1.165) is 0 Å². The number of carboxylic acids is 2. The molecule has 0 spiro atoms. The number of ether oxygens (including phenoxy) is 1. The fraction of sp³-hybridized carbons (Fsp3) is 0.190. The van der Waals surface area contributed by atoms with Gasteiger partial charge in [0.2, 0.25) is 5.60 Å². The monoisotopic (exact) mass is 440 g/mol. The smallest absolute Gasteiger partial charge is 0.351 e. The number of rotatable bonds is 7. The van der Waals surface area contributed by atoms with Crippen molar-refractivity contribution in [2.45, 2.75) is 25.4 Å². The van der Waals surface area contributed by atoms with Crippen LogP contribution in [-0.2, 0) is 14.4 Å². The first kappa shape index (κ1) is 22.3. The van der Waals surface area contributed by atoms with Gasteiger partial charge in [0.05, 0.1) is 17.7 Å². The molecule has 0 amide bonds. The van der Waals surface area contributed by atoms with Crippen LogP contribution < -0.4 is 15.8 Å². The molecule has 1 heterocycles. The lowest BCUT2D eigenvalue weighted by molar-refractivity contribution is -0.169. The molecule has 1 atom stereocenters. The predicted molar refractivity (Wildman–Crippen MR) is 113 cm³/mol. The van der Waals surface area contributed by atoms with Gasteiger partial charge in [-0.25, -0.2) is 9.59 Å². The summed E-state index contributed by atoms with van der Waals surface area (Å²) in [5, 5.41) is 32.0. The number of nitrogens with one attached hydrogen (secondary N) is 2. The Bertz CT molecular complexity index is 1130. The quantitative estimate of drug-likeness (QED) is 0.186. The van der Waals surface area contributed by atoms with Crippen LogP contribution in [0.1, 0.15) is 34.3 Å². The van der Waals surface area contributed by atoms with E-state index in [0.29, 0.717) is 16.8 Å². The summed E-state index contributed by atoms with van der Waals surface area (Å²) < 4.78 is 5.48. The number of carbonyl (C=O) groups is 3. The number of hydrogen-bond donors (Lipinski definition) is 5. The third kappa shape index (κ3) is 4.83. The van der Waals surface area contributed by atoms with Crippen molar-refractivity contribution in [2.75, 3.05) is 5.32 Å². The summed E-state index contributed by atoms with van der Waals surface area (Å²) in [7, 11) is 0. The Morgan fingerprint density at radius 2 is 1.91 bits per heavy atom. The SMILES string of the molecule is Cc1ccc(C2=NOC(CC(=O)O)(C(=O)O)C2)cc1OC(=O)c1ccc(NC(=N)N)cc1. The number of nitrogens with two attached hydrogens (primary N) is 1. The van der Waals surface area contributed by atoms with Crippen molar-refractivity contribution < 1.29 is 34.2 Å². The van der Waals surface area contributed by atoms with Crippen LogP contribution >= 0.6 is 0 Å². The Kier molecular flexibility index (Phi) is 6.10. The van der Waals surface area contributed by atoms with Crippen LogP contribution in [0.2, 0.25) is 0 Å². The fourth-order valence-electron chi connectivity index (χ4n) is 3.06. The van der Waals surface area contributed by atoms with Crippen LogP contribution in [0.5, 0.6) is 5.75 Å². The molecule has 0 saturated carbocycles. The van der Waals surface area contributed by atoms with Gasteiger partial charge in [0.25, 0.3) is 0 Å². The van der Waals surface area contributed by atoms with Crippen LogP contribution in [0, 0.1) is 12.3 Å². The van der Waals surface area contributed by atoms with Gasteiger partial charge in [-0.3, -0.25) is 10.2 Å². The summed E-state index contributed by atoms with van der Waals surface area (Å²) in [4.78, 5) is 40.2. The number of benzene rings is 2. The Hall–Kier alpha value is -4.41. The van der Waals surface area contributed by atoms with Crippen LogP contribution in [-0.4, -0.2) is 45.4 Å². The normalized spacial score (nSPS) is 17.1. The van der Waals surface area contributed by atoms with Crippen molar-refractivity contribution in [3.63, 3.8) is 0 Å². The molecule has 166 valence electrons. The number of nitrogens with zero attached hydrogens (tertiary/aromatic N) is 1. The van der Waals surface area contributed by atoms with E-state index in [1.54, 1.807) is 31.2 Å². The molecule has 32 heavy (non-hydrogen) atoms. The molecule has 11 heteroatoms. The third-order valence-electron chi connectivity index (χ3n) is 4.73. The second-order valence-corrected chi connectivity index (χ2v) is 7.16. The van der Waals surface area contributed by atoms with Crippen molar-refractivity contribution in [3.05, 3.63) is 59.2 Å². The minimum atomic E-state index is -1.99. The Balaban J connectivity index is 1.78. The summed E-state index contributed by atoms with van der Waals surface area (Å²) in [6, 6.07) is 11.0. The van der Waals surface area contributed by atoms with E-state index in [1.165, 1.54) is 18.2 Å². The van der Waals surface area contributed by atoms with Crippen molar-refractivity contribution in [3.8, 4) is 5.75 Å². The third-order valence-corrected chi connectivity index (χ3v) is 4.73. The van der Waals surface area contributed by atoms with Crippen molar-refractivity contribution in [2.24, 2.45) is 10.9 Å². The molecule has 0 aromatic heterocycles. The zero-order chi connectivity index (χ0) is 23.5. The van der Waals surface area contributed by atoms with E-state index in [9.17, 15) is 19.5 Å². The average molecular weight is 440 g/mol. The fourth-order valence-corrected chi connectivity index (χ4v) is 3.06. The van der Waals surface area contributed by atoms with Crippen molar-refractivity contribution >= 4 is 35.3 Å². The Morgan fingerprint density at radius 1 is 1.22 bits per heavy atom. The molecule has 3 rings (SSSR count). The van der Waals surface area contributed by atoms with Gasteiger partial charge in [0, 0.05) is 17.7 Å². The first-order valence-electron chi connectivity index (χ1n) is 9.34. The van der Waals surface area contributed by atoms with E-state index in [1.807, 2.05) is 0 Å². The maximum absolute atomic E-state index is 12.5. The zero-order valence-electron chi connectivity index (χ0n) is 16.9. The van der Waals surface area contributed by atoms with Gasteiger partial charge in [0.15, 0.2) is 5.96 Å². The first-order chi connectivity index (χ1) is 15.1. The number of guanidine groups is 1. The van der Waals surface area contributed by atoms with Crippen LogP contribution in [0.3, 0.4) is 0 Å². The van der Waals surface area contributed by atoms with Gasteiger partial charge in [-0.2, -0.15) is 0 Å². The topological polar surface area (TPSA) is 184 Å². The van der Waals surface area contributed by atoms with E-state index < -0.39 is 29.9 Å². The van der Waals surface area contributed by atoms with Crippen LogP contribution in [0.25, 0.3) is 0 Å². The lowest BCUT2D eigenvalue weighted by atomic mass is 9.91. The molecular formula is C21H20N4O7. The number of oxime groups is 1. The molecular weight excluding hydrogens is 420 g/mol. The molecule has 1 unspecified atom stereocenters. The predicted octanol–water partition coefficient (Wildman–Crippen LogP) is 1.94. The Morgan fingerprint density at radius 3 is 2.50 bits per heavy atom. The summed E-state index contributed by atoms with van der Waals surface area (Å²) in [5.74, 6) is -3.39. The lowest BCUT2D eigenvalue weighted by Gasteiger charge is -2.19. The number of anilines is 1. The molecule has 11 nitrogen and oxygen atoms in total. The van der Waals surface area contributed by atoms with Gasteiger partial charge < -0.3 is 30.8 Å². The van der Waals surface area contributed by atoms with Crippen LogP contribution in [0.4, 0.5) is 5.69 Å². The standard InChI is InChI=1S/C21H20N4O7/c1-11-2-3-13(15-9-21(19(29)30,32-25-15)10-17(26)27)8-16(11)31-18(28)12-4-6-14(7-5-12)24-20(22)23/h2-8H,9-10H2,1H3,(H,26,27)(H,29,30)(H4,22,23,24). The second-order valence-electron chi connectivity index (χ2n) is 7.16. The van der Waals surface area contributed by atoms with Gasteiger partial charge in [0.1, 0.15) is 5.75 Å². The van der Waals surface area contributed by atoms with Gasteiger partial charge in [-0.05, 0) is 42.8 Å². The molecule has 0 fully saturated rings. The molecule has 0 saturated heterocycles. The van der Waals surface area contributed by atoms with Gasteiger partial charge in [-0.15, -0.1) is 0 Å². The Labute approximate surface area is 181 Å². The summed E-state index contributed by atoms with van der Waals surface area (Å²) in [6.07, 6.45) is -1.01. The first-order valence-corrected chi connectivity index (χ1v) is 9.34. The highest BCUT2D eigenvalue weighted by atomic mass is 16.7. The minimum Gasteiger partial charge on any atom is -0.481 e. The number of carboxylic acid groups (broad SMARTS) is 2. The average Bonchev–Trinajstić information content (AvgIpc) is 3.14. The van der Waals surface area contributed by atoms with Crippen molar-refractivity contribution in [1.82, 2.24) is 0 Å². The number of hydrogen-bond acceptors (Lipinski definition) is 7. The molecule has 0 aliphatic carbocycles. The summed E-state index contributed by atoms with van der Waals surface area (Å²) >= 11 is 0. The van der Waals surface area contributed by atoms with Crippen molar-refractivity contribution in [1.29, 1.82) is 5.41 Å². The highest BCUT2D eigenvalue weighted by Gasteiger charge is 2.49. The maximum Gasteiger partial charge on any atom is 0.351 e. The maximum atomic E-state index is 12.5. The largest absolute Gasteiger partial charge is 0.481 e. The highest BCUT2D eigenvalue weighted by molar-refractivity contribution is 6.05. The molecule has 1 aliphatic rings. The van der Waals surface area contributed by atoms with E-state index in [-0.39, 0.29) is 29.4 Å². The molecule has 2 aromatic rings. The highest BCUT2D eigenvalue weighted by Crippen LogP contribution is 2.32. The van der Waals surface area contributed by atoms with E-state index in [2.05, 4.69) is 10.5 Å². The van der Waals surface area contributed by atoms with Gasteiger partial charge in [-0.1, -0.05) is 17.3 Å². The van der Waals surface area contributed by atoms with E-state index in [4.69, 9.17) is 25.8 Å². The molecule has 2 aromatic carbocycles. The number of aliphatic carboxylic acids is 2. The summed E-state index contributed by atoms with van der Waals surface area (Å²) in [5.41, 5.74) is 5.38. The summed E-state index contributed by atoms with van der Waals surface area (Å²) in [6.45, 7) is 1.73. The molecule has 6 N–H and O–H groups in total. The number of aryl methyl sites for hydroxylation is 1. The molecule has 0 bridgehead atoms. The minimum absolute atomic E-state index is 0.227. The van der Waals surface area contributed by atoms with E-state index >= 15 is 0 Å². The lowest BCUT2D eigenvalue weighted by Crippen LogP contribution is -2.41. The number of esters is 1. The van der Waals surface area contributed by atoms with Gasteiger partial charge >= 0.3 is 17.9 Å². The molecule has 0 radical (unpaired) electrons.